The summed E-state index contributed by atoms with van der Waals surface area (Å²) < 4.78 is 1.22. The van der Waals surface area contributed by atoms with E-state index in [2.05, 4.69) is 43.4 Å². The minimum atomic E-state index is -0.351. The van der Waals surface area contributed by atoms with E-state index >= 15 is 0 Å². The molecule has 1 aliphatic heterocycles. The third-order valence-electron chi connectivity index (χ3n) is 2.85. The molecule has 0 N–H and O–H groups in total. The SMILES string of the molecule is O=[N+]([O-])c1cc(Br)ccc1C=CN1CCCC1I. The van der Waals surface area contributed by atoms with Crippen LogP contribution in [-0.2, 0) is 0 Å². The first-order chi connectivity index (χ1) is 8.58. The molecule has 0 spiro atoms. The standard InChI is InChI=1S/C12H12BrIN2O2/c13-10-4-3-9(11(8-10)16(17)18)5-7-15-6-1-2-12(15)14/h3-5,7-8,12H,1-2,6H2. The van der Waals surface area contributed by atoms with Crippen molar-refractivity contribution in [2.24, 2.45) is 0 Å². The number of nitro benzene ring substituents is 1. The number of nitro groups is 1. The largest absolute Gasteiger partial charge is 0.366 e. The lowest BCUT2D eigenvalue weighted by Gasteiger charge is -2.16. The van der Waals surface area contributed by atoms with E-state index in [4.69, 9.17) is 0 Å². The minimum absolute atomic E-state index is 0.129. The average molecular weight is 423 g/mol. The smallest absolute Gasteiger partial charge is 0.277 e. The van der Waals surface area contributed by atoms with Gasteiger partial charge in [0.15, 0.2) is 0 Å². The van der Waals surface area contributed by atoms with Crippen molar-refractivity contribution in [2.45, 2.75) is 16.9 Å². The van der Waals surface area contributed by atoms with E-state index in [0.29, 0.717) is 9.61 Å². The van der Waals surface area contributed by atoms with E-state index in [1.807, 2.05) is 18.3 Å². The first kappa shape index (κ1) is 13.8. The Kier molecular flexibility index (Phi) is 4.60. The van der Waals surface area contributed by atoms with Crippen LogP contribution in [0, 0.1) is 10.1 Å². The van der Waals surface area contributed by atoms with Gasteiger partial charge in [0.2, 0.25) is 0 Å². The Labute approximate surface area is 127 Å². The van der Waals surface area contributed by atoms with E-state index in [0.717, 1.165) is 11.0 Å². The van der Waals surface area contributed by atoms with Crippen LogP contribution < -0.4 is 0 Å². The van der Waals surface area contributed by atoms with Crippen molar-refractivity contribution in [3.8, 4) is 0 Å². The van der Waals surface area contributed by atoms with Crippen LogP contribution in [0.3, 0.4) is 0 Å². The Bertz CT molecular complexity index is 493. The zero-order valence-electron chi connectivity index (χ0n) is 9.55. The van der Waals surface area contributed by atoms with Crippen LogP contribution in [0.25, 0.3) is 6.08 Å². The van der Waals surface area contributed by atoms with Gasteiger partial charge in [0.1, 0.15) is 0 Å². The van der Waals surface area contributed by atoms with Crippen LogP contribution in [0.2, 0.25) is 0 Å². The number of halogens is 2. The molecule has 0 aliphatic carbocycles. The van der Waals surface area contributed by atoms with Gasteiger partial charge in [-0.15, -0.1) is 0 Å². The molecule has 1 atom stereocenters. The fourth-order valence-corrected chi connectivity index (χ4v) is 3.16. The number of rotatable bonds is 3. The molecule has 0 saturated carbocycles. The van der Waals surface area contributed by atoms with Crippen molar-refractivity contribution in [1.29, 1.82) is 0 Å². The molecular weight excluding hydrogens is 411 g/mol. The van der Waals surface area contributed by atoms with E-state index in [-0.39, 0.29) is 10.6 Å². The molecule has 1 saturated heterocycles. The van der Waals surface area contributed by atoms with Gasteiger partial charge in [-0.25, -0.2) is 0 Å². The second-order valence-electron chi connectivity index (χ2n) is 4.09. The predicted octanol–water partition coefficient (Wildman–Crippen LogP) is 4.18. The monoisotopic (exact) mass is 422 g/mol. The van der Waals surface area contributed by atoms with Crippen LogP contribution in [0.15, 0.2) is 28.9 Å². The van der Waals surface area contributed by atoms with Gasteiger partial charge in [0, 0.05) is 23.3 Å². The average Bonchev–Trinajstić information content (AvgIpc) is 2.73. The van der Waals surface area contributed by atoms with Gasteiger partial charge in [0.25, 0.3) is 5.69 Å². The lowest BCUT2D eigenvalue weighted by atomic mass is 10.2. The molecule has 0 bridgehead atoms. The van der Waals surface area contributed by atoms with Crippen molar-refractivity contribution in [3.63, 3.8) is 0 Å². The molecule has 0 radical (unpaired) electrons. The number of hydrogen-bond acceptors (Lipinski definition) is 3. The van der Waals surface area contributed by atoms with Crippen LogP contribution in [0.1, 0.15) is 18.4 Å². The van der Waals surface area contributed by atoms with Crippen molar-refractivity contribution in [2.75, 3.05) is 6.54 Å². The number of nitrogens with zero attached hydrogens (tertiary/aromatic N) is 2. The van der Waals surface area contributed by atoms with Gasteiger partial charge in [0.05, 0.1) is 14.5 Å². The molecule has 0 aromatic heterocycles. The second kappa shape index (κ2) is 6.01. The maximum Gasteiger partial charge on any atom is 0.277 e. The molecular formula is C12H12BrIN2O2. The molecule has 6 heteroatoms. The maximum atomic E-state index is 11.0. The third kappa shape index (κ3) is 3.23. The zero-order valence-corrected chi connectivity index (χ0v) is 13.3. The lowest BCUT2D eigenvalue weighted by Crippen LogP contribution is -2.17. The summed E-state index contributed by atoms with van der Waals surface area (Å²) in [4.78, 5) is 12.8. The summed E-state index contributed by atoms with van der Waals surface area (Å²) >= 11 is 5.65. The quantitative estimate of drug-likeness (QED) is 0.241. The molecule has 1 heterocycles. The normalized spacial score (nSPS) is 19.7. The minimum Gasteiger partial charge on any atom is -0.366 e. The maximum absolute atomic E-state index is 11.0. The summed E-state index contributed by atoms with van der Waals surface area (Å²) in [5.74, 6) is 0. The zero-order chi connectivity index (χ0) is 13.1. The van der Waals surface area contributed by atoms with Crippen LogP contribution in [-0.4, -0.2) is 20.4 Å². The van der Waals surface area contributed by atoms with Gasteiger partial charge in [-0.05, 0) is 31.1 Å². The molecule has 1 aromatic carbocycles. The molecule has 1 aliphatic rings. The van der Waals surface area contributed by atoms with Gasteiger partial charge < -0.3 is 4.90 Å². The Balaban J connectivity index is 2.23. The van der Waals surface area contributed by atoms with Crippen LogP contribution in [0.4, 0.5) is 5.69 Å². The van der Waals surface area contributed by atoms with Crippen LogP contribution in [0.5, 0.6) is 0 Å². The lowest BCUT2D eigenvalue weighted by molar-refractivity contribution is -0.385. The van der Waals surface area contributed by atoms with Crippen LogP contribution >= 0.6 is 38.5 Å². The molecule has 96 valence electrons. The highest BCUT2D eigenvalue weighted by atomic mass is 127. The molecule has 18 heavy (non-hydrogen) atoms. The summed E-state index contributed by atoms with van der Waals surface area (Å²) in [5.41, 5.74) is 0.767. The Morgan fingerprint density at radius 2 is 2.33 bits per heavy atom. The Hall–Kier alpha value is -0.630. The Morgan fingerprint density at radius 1 is 1.56 bits per heavy atom. The molecule has 1 aromatic rings. The second-order valence-corrected chi connectivity index (χ2v) is 6.44. The van der Waals surface area contributed by atoms with Gasteiger partial charge in [-0.2, -0.15) is 0 Å². The third-order valence-corrected chi connectivity index (χ3v) is 4.68. The summed E-state index contributed by atoms with van der Waals surface area (Å²) in [6.45, 7) is 1.02. The highest BCUT2D eigenvalue weighted by molar-refractivity contribution is 14.1. The van der Waals surface area contributed by atoms with E-state index in [9.17, 15) is 10.1 Å². The van der Waals surface area contributed by atoms with Gasteiger partial charge in [-0.1, -0.05) is 38.5 Å². The highest BCUT2D eigenvalue weighted by Gasteiger charge is 2.18. The highest BCUT2D eigenvalue weighted by Crippen LogP contribution is 2.27. The summed E-state index contributed by atoms with van der Waals surface area (Å²) in [6.07, 6.45) is 6.13. The number of benzene rings is 1. The number of alkyl halides is 1. The topological polar surface area (TPSA) is 46.4 Å². The predicted molar refractivity (Wildman–Crippen MR) is 83.6 cm³/mol. The number of likely N-dealkylation sites (tertiary alicyclic amines) is 1. The van der Waals surface area contributed by atoms with Gasteiger partial charge >= 0.3 is 0 Å². The first-order valence-corrected chi connectivity index (χ1v) is 7.64. The molecule has 4 nitrogen and oxygen atoms in total. The van der Waals surface area contributed by atoms with Crippen molar-refractivity contribution >= 4 is 50.3 Å². The van der Waals surface area contributed by atoms with E-state index in [1.165, 1.54) is 18.9 Å². The fourth-order valence-electron chi connectivity index (χ4n) is 1.91. The summed E-state index contributed by atoms with van der Waals surface area (Å²) in [6, 6.07) is 5.11. The van der Waals surface area contributed by atoms with Gasteiger partial charge in [-0.3, -0.25) is 10.1 Å². The molecule has 0 amide bonds. The summed E-state index contributed by atoms with van der Waals surface area (Å²) in [7, 11) is 0. The van der Waals surface area contributed by atoms with Crippen molar-refractivity contribution in [3.05, 3.63) is 44.5 Å². The molecule has 1 fully saturated rings. The molecule has 1 unspecified atom stereocenters. The van der Waals surface area contributed by atoms with Crippen molar-refractivity contribution in [1.82, 2.24) is 4.90 Å². The summed E-state index contributed by atoms with van der Waals surface area (Å²) in [5, 5.41) is 11.0. The van der Waals surface area contributed by atoms with E-state index in [1.54, 1.807) is 6.07 Å². The first-order valence-electron chi connectivity index (χ1n) is 5.60. The fraction of sp³-hybridized carbons (Fsp3) is 0.333. The van der Waals surface area contributed by atoms with Crippen molar-refractivity contribution < 1.29 is 4.92 Å². The molecule has 2 rings (SSSR count). The Morgan fingerprint density at radius 3 is 2.94 bits per heavy atom. The number of hydrogen-bond donors (Lipinski definition) is 0. The van der Waals surface area contributed by atoms with E-state index < -0.39 is 0 Å².